The van der Waals surface area contributed by atoms with Crippen LogP contribution in [0.5, 0.6) is 0 Å². The average molecular weight is 298 g/mol. The van der Waals surface area contributed by atoms with E-state index in [2.05, 4.69) is 23.6 Å². The zero-order chi connectivity index (χ0) is 14.5. The fraction of sp³-hybridized carbons (Fsp3) is 0.389. The molecule has 1 aromatic carbocycles. The number of nitrogen functional groups attached to an aromatic ring is 1. The highest BCUT2D eigenvalue weighted by Crippen LogP contribution is 2.32. The summed E-state index contributed by atoms with van der Waals surface area (Å²) in [5.74, 6) is 0.679. The number of anilines is 1. The Hall–Kier alpha value is -1.61. The fourth-order valence-electron chi connectivity index (χ4n) is 2.97. The minimum atomic E-state index is 0.679. The molecule has 1 saturated carbocycles. The summed E-state index contributed by atoms with van der Waals surface area (Å²) in [6.45, 7) is 0. The van der Waals surface area contributed by atoms with Crippen LogP contribution >= 0.6 is 11.3 Å². The first-order valence-corrected chi connectivity index (χ1v) is 8.68. The monoisotopic (exact) mass is 298 g/mol. The average Bonchev–Trinajstić information content (AvgIpc) is 2.79. The number of hydrogen-bond donors (Lipinski definition) is 1. The number of nitrogens with two attached hydrogens (primary N) is 1. The maximum atomic E-state index is 5.80. The molecule has 3 rings (SSSR count). The van der Waals surface area contributed by atoms with E-state index in [0.717, 1.165) is 16.3 Å². The van der Waals surface area contributed by atoms with Crippen LogP contribution in [0.3, 0.4) is 0 Å². The van der Waals surface area contributed by atoms with Crippen molar-refractivity contribution >= 4 is 29.2 Å². The smallest absolute Gasteiger partial charge is 0.116 e. The van der Waals surface area contributed by atoms with Crippen molar-refractivity contribution in [1.29, 1.82) is 0 Å². The largest absolute Gasteiger partial charge is 0.399 e. The molecule has 0 aliphatic heterocycles. The van der Waals surface area contributed by atoms with Gasteiger partial charge < -0.3 is 5.73 Å². The summed E-state index contributed by atoms with van der Waals surface area (Å²) in [5.41, 5.74) is 9.02. The van der Waals surface area contributed by atoms with Gasteiger partial charge in [0.25, 0.3) is 0 Å². The Kier molecular flexibility index (Phi) is 4.71. The maximum absolute atomic E-state index is 5.80. The predicted octanol–water partition coefficient (Wildman–Crippen LogP) is 5.33. The normalized spacial score (nSPS) is 17.1. The van der Waals surface area contributed by atoms with Crippen LogP contribution in [0.2, 0.25) is 0 Å². The molecule has 0 saturated heterocycles. The van der Waals surface area contributed by atoms with Crippen LogP contribution in [0, 0.1) is 0 Å². The standard InChI is InChI=1S/C18H22N2S/c19-16-9-5-6-14(12-16)10-11-18-20-17(13-21-18)15-7-3-1-2-4-8-15/h5-6,9-13,15H,1-4,7-8,19H2/b11-10+. The van der Waals surface area contributed by atoms with Crippen molar-refractivity contribution in [2.24, 2.45) is 0 Å². The van der Waals surface area contributed by atoms with Crippen molar-refractivity contribution in [3.05, 3.63) is 45.9 Å². The van der Waals surface area contributed by atoms with Gasteiger partial charge in [0.2, 0.25) is 0 Å². The van der Waals surface area contributed by atoms with Gasteiger partial charge in [-0.15, -0.1) is 11.3 Å². The van der Waals surface area contributed by atoms with E-state index in [0.29, 0.717) is 5.92 Å². The highest BCUT2D eigenvalue weighted by molar-refractivity contribution is 7.10. The van der Waals surface area contributed by atoms with Gasteiger partial charge >= 0.3 is 0 Å². The summed E-state index contributed by atoms with van der Waals surface area (Å²) in [6.07, 6.45) is 12.3. The van der Waals surface area contributed by atoms with Gasteiger partial charge in [-0.1, -0.05) is 43.9 Å². The summed E-state index contributed by atoms with van der Waals surface area (Å²) in [5, 5.41) is 3.34. The van der Waals surface area contributed by atoms with E-state index >= 15 is 0 Å². The van der Waals surface area contributed by atoms with Crippen molar-refractivity contribution in [3.63, 3.8) is 0 Å². The first kappa shape index (κ1) is 14.3. The molecule has 2 N–H and O–H groups in total. The van der Waals surface area contributed by atoms with Crippen LogP contribution in [-0.2, 0) is 0 Å². The molecular weight excluding hydrogens is 276 g/mol. The molecule has 1 aliphatic rings. The summed E-state index contributed by atoms with van der Waals surface area (Å²) in [7, 11) is 0. The Morgan fingerprint density at radius 3 is 2.67 bits per heavy atom. The Balaban J connectivity index is 1.69. The molecule has 2 nitrogen and oxygen atoms in total. The molecule has 2 aromatic rings. The van der Waals surface area contributed by atoms with Crippen molar-refractivity contribution in [1.82, 2.24) is 4.98 Å². The first-order chi connectivity index (χ1) is 10.3. The minimum absolute atomic E-state index is 0.679. The van der Waals surface area contributed by atoms with Crippen LogP contribution in [0.1, 0.15) is 60.7 Å². The van der Waals surface area contributed by atoms with Crippen LogP contribution < -0.4 is 5.73 Å². The number of nitrogens with zero attached hydrogens (tertiary/aromatic N) is 1. The van der Waals surface area contributed by atoms with Crippen LogP contribution in [-0.4, -0.2) is 4.98 Å². The van der Waals surface area contributed by atoms with E-state index in [4.69, 9.17) is 10.7 Å². The van der Waals surface area contributed by atoms with E-state index in [1.807, 2.05) is 18.2 Å². The second-order valence-corrected chi connectivity index (χ2v) is 6.69. The Labute approximate surface area is 130 Å². The third-order valence-electron chi connectivity index (χ3n) is 4.14. The van der Waals surface area contributed by atoms with Crippen molar-refractivity contribution in [2.75, 3.05) is 5.73 Å². The summed E-state index contributed by atoms with van der Waals surface area (Å²) >= 11 is 1.74. The zero-order valence-electron chi connectivity index (χ0n) is 12.3. The summed E-state index contributed by atoms with van der Waals surface area (Å²) in [6, 6.07) is 7.93. The molecule has 0 radical (unpaired) electrons. The van der Waals surface area contributed by atoms with Crippen LogP contribution in [0.15, 0.2) is 29.6 Å². The molecule has 1 aliphatic carbocycles. The minimum Gasteiger partial charge on any atom is -0.399 e. The zero-order valence-corrected chi connectivity index (χ0v) is 13.1. The lowest BCUT2D eigenvalue weighted by atomic mass is 9.98. The van der Waals surface area contributed by atoms with Gasteiger partial charge in [-0.3, -0.25) is 0 Å². The molecule has 3 heteroatoms. The summed E-state index contributed by atoms with van der Waals surface area (Å²) in [4.78, 5) is 4.81. The molecule has 0 spiro atoms. The van der Waals surface area contributed by atoms with Gasteiger partial charge in [0, 0.05) is 17.0 Å². The number of thiazole rings is 1. The third kappa shape index (κ3) is 3.94. The molecule has 0 amide bonds. The lowest BCUT2D eigenvalue weighted by Crippen LogP contribution is -1.97. The Morgan fingerprint density at radius 2 is 1.90 bits per heavy atom. The second-order valence-electron chi connectivity index (χ2n) is 5.80. The maximum Gasteiger partial charge on any atom is 0.116 e. The van der Waals surface area contributed by atoms with Crippen LogP contribution in [0.4, 0.5) is 5.69 Å². The molecule has 0 bridgehead atoms. The Bertz CT molecular complexity index is 607. The van der Waals surface area contributed by atoms with Crippen LogP contribution in [0.25, 0.3) is 12.2 Å². The Morgan fingerprint density at radius 1 is 1.10 bits per heavy atom. The van der Waals surface area contributed by atoms with Gasteiger partial charge in [0.1, 0.15) is 5.01 Å². The lowest BCUT2D eigenvalue weighted by Gasteiger charge is -2.09. The van der Waals surface area contributed by atoms with Crippen molar-refractivity contribution < 1.29 is 0 Å². The van der Waals surface area contributed by atoms with E-state index in [1.54, 1.807) is 11.3 Å². The molecule has 110 valence electrons. The SMILES string of the molecule is Nc1cccc(/C=C/c2nc(C3CCCCCC3)cs2)c1. The third-order valence-corrected chi connectivity index (χ3v) is 4.97. The van der Waals surface area contributed by atoms with Gasteiger partial charge in [-0.25, -0.2) is 4.98 Å². The molecular formula is C18H22N2S. The number of aromatic nitrogens is 1. The fourth-order valence-corrected chi connectivity index (χ4v) is 3.76. The lowest BCUT2D eigenvalue weighted by molar-refractivity contribution is 0.580. The topological polar surface area (TPSA) is 38.9 Å². The van der Waals surface area contributed by atoms with E-state index in [-0.39, 0.29) is 0 Å². The van der Waals surface area contributed by atoms with E-state index in [9.17, 15) is 0 Å². The molecule has 1 fully saturated rings. The van der Waals surface area contributed by atoms with E-state index in [1.165, 1.54) is 44.2 Å². The van der Waals surface area contributed by atoms with E-state index < -0.39 is 0 Å². The highest BCUT2D eigenvalue weighted by atomic mass is 32.1. The number of hydrogen-bond acceptors (Lipinski definition) is 3. The van der Waals surface area contributed by atoms with Crippen molar-refractivity contribution in [3.8, 4) is 0 Å². The van der Waals surface area contributed by atoms with Gasteiger partial charge in [-0.05, 0) is 36.6 Å². The quantitative estimate of drug-likeness (QED) is 0.614. The summed E-state index contributed by atoms with van der Waals surface area (Å²) < 4.78 is 0. The second kappa shape index (κ2) is 6.90. The van der Waals surface area contributed by atoms with Gasteiger partial charge in [0.15, 0.2) is 0 Å². The van der Waals surface area contributed by atoms with Gasteiger partial charge in [-0.2, -0.15) is 0 Å². The molecule has 1 heterocycles. The highest BCUT2D eigenvalue weighted by Gasteiger charge is 2.16. The molecule has 0 atom stereocenters. The van der Waals surface area contributed by atoms with Gasteiger partial charge in [0.05, 0.1) is 5.69 Å². The first-order valence-electron chi connectivity index (χ1n) is 7.80. The number of benzene rings is 1. The molecule has 21 heavy (non-hydrogen) atoms. The van der Waals surface area contributed by atoms with Crippen molar-refractivity contribution in [2.45, 2.75) is 44.4 Å². The number of rotatable bonds is 3. The molecule has 1 aromatic heterocycles. The predicted molar refractivity (Wildman–Crippen MR) is 92.3 cm³/mol. The molecule has 0 unspecified atom stereocenters.